The summed E-state index contributed by atoms with van der Waals surface area (Å²) in [5, 5.41) is 2.14. The van der Waals surface area contributed by atoms with Gasteiger partial charge in [-0.05, 0) is 53.6 Å². The van der Waals surface area contributed by atoms with Crippen LogP contribution in [0.4, 0.5) is 0 Å². The van der Waals surface area contributed by atoms with E-state index in [0.29, 0.717) is 26.4 Å². The summed E-state index contributed by atoms with van der Waals surface area (Å²) in [5.41, 5.74) is 6.96. The Balaban J connectivity index is 1.23. The Morgan fingerprint density at radius 1 is 0.682 bits per heavy atom. The van der Waals surface area contributed by atoms with Crippen molar-refractivity contribution in [1.29, 1.82) is 0 Å². The average molecular weight is 594 g/mol. The number of nitrogens with zero attached hydrogens (tertiary/aromatic N) is 1. The first-order valence-electron chi connectivity index (χ1n) is 15.6. The van der Waals surface area contributed by atoms with Crippen LogP contribution in [0.3, 0.4) is 0 Å². The van der Waals surface area contributed by atoms with E-state index in [4.69, 9.17) is 23.8 Å². The SMILES string of the molecule is COc1c(C)cc(C[C@H]2C[C@@H]3[C@@H](OCc4ccccc4)[C@H](OCc4ccccc4)[C@@H](COCc4ccccc4)N3O2)cc1C. The van der Waals surface area contributed by atoms with Gasteiger partial charge >= 0.3 is 0 Å². The van der Waals surface area contributed by atoms with Gasteiger partial charge in [0.1, 0.15) is 18.0 Å². The summed E-state index contributed by atoms with van der Waals surface area (Å²) in [7, 11) is 1.73. The number of hydroxylamine groups is 2. The van der Waals surface area contributed by atoms with E-state index in [0.717, 1.165) is 46.4 Å². The molecule has 0 saturated carbocycles. The first-order chi connectivity index (χ1) is 21.6. The number of ether oxygens (including phenoxy) is 4. The van der Waals surface area contributed by atoms with Crippen LogP contribution in [0.5, 0.6) is 5.75 Å². The van der Waals surface area contributed by atoms with Gasteiger partial charge in [-0.2, -0.15) is 5.06 Å². The standard InChI is InChI=1S/C38H43NO5/c1-27-19-32(20-28(2)36(27)40-3)21-33-22-34-37(42-24-30-15-9-5-10-16-30)38(43-25-31-17-11-6-12-18-31)35(39(34)44-33)26-41-23-29-13-7-4-8-14-29/h4-20,33-35,37-38H,21-26H2,1-3H3/t33-,34+,35+,37+,38+/m0/s1. The Labute approximate surface area is 261 Å². The molecule has 0 aromatic heterocycles. The van der Waals surface area contributed by atoms with Crippen LogP contribution in [-0.2, 0) is 45.3 Å². The van der Waals surface area contributed by atoms with Crippen molar-refractivity contribution in [3.05, 3.63) is 137 Å². The van der Waals surface area contributed by atoms with Gasteiger partial charge in [0, 0.05) is 6.42 Å². The quantitative estimate of drug-likeness (QED) is 0.166. The van der Waals surface area contributed by atoms with Gasteiger partial charge in [0.15, 0.2) is 0 Å². The van der Waals surface area contributed by atoms with Crippen molar-refractivity contribution in [2.24, 2.45) is 0 Å². The molecule has 0 unspecified atom stereocenters. The molecule has 0 bridgehead atoms. The van der Waals surface area contributed by atoms with Gasteiger partial charge < -0.3 is 18.9 Å². The zero-order valence-corrected chi connectivity index (χ0v) is 25.9. The van der Waals surface area contributed by atoms with Crippen molar-refractivity contribution in [2.45, 2.75) is 76.9 Å². The second kappa shape index (κ2) is 14.5. The zero-order valence-electron chi connectivity index (χ0n) is 25.9. The number of benzene rings is 4. The minimum Gasteiger partial charge on any atom is -0.496 e. The van der Waals surface area contributed by atoms with Gasteiger partial charge in [0.25, 0.3) is 0 Å². The zero-order chi connectivity index (χ0) is 30.3. The molecule has 0 amide bonds. The fourth-order valence-electron chi connectivity index (χ4n) is 6.70. The first-order valence-corrected chi connectivity index (χ1v) is 15.6. The van der Waals surface area contributed by atoms with E-state index in [1.807, 2.05) is 42.5 Å². The molecule has 6 nitrogen and oxygen atoms in total. The molecule has 5 atom stereocenters. The van der Waals surface area contributed by atoms with Gasteiger partial charge in [-0.3, -0.25) is 4.84 Å². The predicted octanol–water partition coefficient (Wildman–Crippen LogP) is 7.00. The van der Waals surface area contributed by atoms with Crippen LogP contribution in [0.15, 0.2) is 103 Å². The van der Waals surface area contributed by atoms with E-state index in [1.54, 1.807) is 7.11 Å². The average Bonchev–Trinajstić information content (AvgIpc) is 3.56. The third kappa shape index (κ3) is 7.23. The molecule has 4 aromatic rings. The molecule has 6 heteroatoms. The molecule has 0 spiro atoms. The van der Waals surface area contributed by atoms with Crippen molar-refractivity contribution in [3.63, 3.8) is 0 Å². The van der Waals surface area contributed by atoms with E-state index < -0.39 is 0 Å². The first kappa shape index (κ1) is 30.5. The number of methoxy groups -OCH3 is 1. The Hall–Kier alpha value is -3.52. The van der Waals surface area contributed by atoms with E-state index >= 15 is 0 Å². The van der Waals surface area contributed by atoms with Crippen LogP contribution in [0.2, 0.25) is 0 Å². The lowest BCUT2D eigenvalue weighted by atomic mass is 9.96. The highest BCUT2D eigenvalue weighted by molar-refractivity contribution is 5.43. The maximum Gasteiger partial charge on any atom is 0.124 e. The van der Waals surface area contributed by atoms with Crippen LogP contribution in [-0.4, -0.2) is 49.2 Å². The predicted molar refractivity (Wildman–Crippen MR) is 171 cm³/mol. The minimum atomic E-state index is -0.217. The van der Waals surface area contributed by atoms with Gasteiger partial charge in [0.05, 0.1) is 51.7 Å². The van der Waals surface area contributed by atoms with Crippen molar-refractivity contribution in [1.82, 2.24) is 5.06 Å². The van der Waals surface area contributed by atoms with E-state index in [1.165, 1.54) is 5.56 Å². The molecular weight excluding hydrogens is 550 g/mol. The Morgan fingerprint density at radius 2 is 1.20 bits per heavy atom. The van der Waals surface area contributed by atoms with Crippen molar-refractivity contribution in [3.8, 4) is 5.75 Å². The second-order valence-corrected chi connectivity index (χ2v) is 11.9. The van der Waals surface area contributed by atoms with Crippen LogP contribution < -0.4 is 4.74 Å². The Morgan fingerprint density at radius 3 is 1.75 bits per heavy atom. The number of fused-ring (bicyclic) bond motifs is 1. The number of rotatable bonds is 13. The molecule has 0 radical (unpaired) electrons. The highest BCUT2D eigenvalue weighted by atomic mass is 16.7. The molecule has 6 rings (SSSR count). The normalized spacial score (nSPS) is 23.1. The number of aryl methyl sites for hydroxylation is 2. The Bertz CT molecular complexity index is 1440. The summed E-state index contributed by atoms with van der Waals surface area (Å²) in [4.78, 5) is 6.77. The molecule has 0 aliphatic carbocycles. The van der Waals surface area contributed by atoms with E-state index in [2.05, 4.69) is 79.6 Å². The third-order valence-corrected chi connectivity index (χ3v) is 8.67. The molecule has 2 aliphatic rings. The summed E-state index contributed by atoms with van der Waals surface area (Å²) < 4.78 is 25.4. The lowest BCUT2D eigenvalue weighted by Gasteiger charge is -2.28. The third-order valence-electron chi connectivity index (χ3n) is 8.67. The minimum absolute atomic E-state index is 0.0294. The van der Waals surface area contributed by atoms with Crippen molar-refractivity contribution in [2.75, 3.05) is 13.7 Å². The van der Waals surface area contributed by atoms with E-state index in [9.17, 15) is 0 Å². The highest BCUT2D eigenvalue weighted by Crippen LogP contribution is 2.40. The van der Waals surface area contributed by atoms with Crippen LogP contribution in [0, 0.1) is 13.8 Å². The van der Waals surface area contributed by atoms with Gasteiger partial charge in [-0.1, -0.05) is 103 Å². The molecule has 2 fully saturated rings. The smallest absolute Gasteiger partial charge is 0.124 e. The lowest BCUT2D eigenvalue weighted by Crippen LogP contribution is -2.42. The maximum atomic E-state index is 6.77. The molecule has 44 heavy (non-hydrogen) atoms. The topological polar surface area (TPSA) is 49.4 Å². The van der Waals surface area contributed by atoms with Crippen LogP contribution in [0.1, 0.15) is 39.8 Å². The molecule has 4 aromatic carbocycles. The molecule has 2 heterocycles. The van der Waals surface area contributed by atoms with E-state index in [-0.39, 0.29) is 30.4 Å². The lowest BCUT2D eigenvalue weighted by molar-refractivity contribution is -0.196. The molecule has 2 saturated heterocycles. The summed E-state index contributed by atoms with van der Waals surface area (Å²) in [5.74, 6) is 0.949. The summed E-state index contributed by atoms with van der Waals surface area (Å²) in [6, 6.07) is 35.3. The second-order valence-electron chi connectivity index (χ2n) is 11.9. The molecule has 0 N–H and O–H groups in total. The fourth-order valence-corrected chi connectivity index (χ4v) is 6.70. The molecular formula is C38H43NO5. The van der Waals surface area contributed by atoms with Gasteiger partial charge in [0.2, 0.25) is 0 Å². The number of hydrogen-bond acceptors (Lipinski definition) is 6. The number of hydrogen-bond donors (Lipinski definition) is 0. The maximum absolute atomic E-state index is 6.77. The summed E-state index contributed by atoms with van der Waals surface area (Å²) in [6.07, 6.45) is 1.31. The Kier molecular flexibility index (Phi) is 10.1. The molecule has 230 valence electrons. The highest BCUT2D eigenvalue weighted by Gasteiger charge is 2.56. The van der Waals surface area contributed by atoms with Crippen molar-refractivity contribution >= 4 is 0 Å². The summed E-state index contributed by atoms with van der Waals surface area (Å²) in [6.45, 7) is 6.23. The molecule has 2 aliphatic heterocycles. The fraction of sp³-hybridized carbons (Fsp3) is 0.368. The van der Waals surface area contributed by atoms with Crippen LogP contribution in [0.25, 0.3) is 0 Å². The van der Waals surface area contributed by atoms with Gasteiger partial charge in [-0.25, -0.2) is 0 Å². The van der Waals surface area contributed by atoms with Crippen LogP contribution >= 0.6 is 0 Å². The summed E-state index contributed by atoms with van der Waals surface area (Å²) >= 11 is 0. The van der Waals surface area contributed by atoms with Crippen molar-refractivity contribution < 1.29 is 23.8 Å². The monoisotopic (exact) mass is 593 g/mol. The van der Waals surface area contributed by atoms with Gasteiger partial charge in [-0.15, -0.1) is 0 Å². The largest absolute Gasteiger partial charge is 0.496 e.